The molecule has 0 spiro atoms. The second kappa shape index (κ2) is 6.40. The summed E-state index contributed by atoms with van der Waals surface area (Å²) in [6, 6.07) is 7.04. The fourth-order valence-electron chi connectivity index (χ4n) is 2.79. The van der Waals surface area contributed by atoms with Crippen molar-refractivity contribution in [1.82, 2.24) is 0 Å². The summed E-state index contributed by atoms with van der Waals surface area (Å²) in [6.07, 6.45) is 2.20. The summed E-state index contributed by atoms with van der Waals surface area (Å²) in [4.78, 5) is 2.55. The average molecular weight is 292 g/mol. The van der Waals surface area contributed by atoms with E-state index < -0.39 is 0 Å². The Balaban J connectivity index is 2.22. The zero-order chi connectivity index (χ0) is 14.8. The van der Waals surface area contributed by atoms with E-state index in [0.29, 0.717) is 4.75 Å². The minimum absolute atomic E-state index is 0.216. The zero-order valence-corrected chi connectivity index (χ0v) is 14.1. The molecule has 1 heterocycles. The van der Waals surface area contributed by atoms with Crippen molar-refractivity contribution < 1.29 is 0 Å². The summed E-state index contributed by atoms with van der Waals surface area (Å²) >= 11 is 2.10. The Morgan fingerprint density at radius 3 is 2.80 bits per heavy atom. The molecule has 2 N–H and O–H groups in total. The molecular formula is C17H28N2S. The van der Waals surface area contributed by atoms with E-state index in [9.17, 15) is 0 Å². The van der Waals surface area contributed by atoms with Crippen LogP contribution >= 0.6 is 11.8 Å². The molecule has 3 heteroatoms. The van der Waals surface area contributed by atoms with E-state index >= 15 is 0 Å². The Morgan fingerprint density at radius 2 is 2.10 bits per heavy atom. The van der Waals surface area contributed by atoms with Gasteiger partial charge in [0.2, 0.25) is 0 Å². The smallest absolute Gasteiger partial charge is 0.0399 e. The van der Waals surface area contributed by atoms with Crippen molar-refractivity contribution in [3.05, 3.63) is 29.3 Å². The van der Waals surface area contributed by atoms with E-state index in [0.717, 1.165) is 19.5 Å². The molecule has 1 aromatic rings. The number of nitrogens with two attached hydrogens (primary N) is 1. The Labute approximate surface area is 128 Å². The lowest BCUT2D eigenvalue weighted by molar-refractivity contribution is 0.635. The molecule has 1 aliphatic rings. The SMILES string of the molecule is Cc1ccc(N2CCSC(C)(C)CC2)c(CC(C)N)c1. The highest BCUT2D eigenvalue weighted by molar-refractivity contribution is 8.00. The number of rotatable bonds is 3. The molecule has 0 aliphatic carbocycles. The molecular weight excluding hydrogens is 264 g/mol. The van der Waals surface area contributed by atoms with Gasteiger partial charge >= 0.3 is 0 Å². The lowest BCUT2D eigenvalue weighted by Crippen LogP contribution is -2.29. The summed E-state index contributed by atoms with van der Waals surface area (Å²) in [6.45, 7) is 11.3. The van der Waals surface area contributed by atoms with Crippen molar-refractivity contribution in [2.24, 2.45) is 5.73 Å². The van der Waals surface area contributed by atoms with Crippen molar-refractivity contribution in [2.45, 2.75) is 51.3 Å². The van der Waals surface area contributed by atoms with Gasteiger partial charge in [-0.1, -0.05) is 31.5 Å². The van der Waals surface area contributed by atoms with Crippen molar-refractivity contribution in [2.75, 3.05) is 23.7 Å². The van der Waals surface area contributed by atoms with Gasteiger partial charge in [-0.15, -0.1) is 0 Å². The number of hydrogen-bond acceptors (Lipinski definition) is 3. The van der Waals surface area contributed by atoms with Crippen LogP contribution in [0.1, 0.15) is 38.3 Å². The molecule has 112 valence electrons. The third-order valence-corrected chi connectivity index (χ3v) is 5.33. The first-order valence-electron chi connectivity index (χ1n) is 7.61. The maximum atomic E-state index is 6.02. The van der Waals surface area contributed by atoms with Crippen LogP contribution in [-0.2, 0) is 6.42 Å². The van der Waals surface area contributed by atoms with Crippen LogP contribution in [0.3, 0.4) is 0 Å². The van der Waals surface area contributed by atoms with Crippen LogP contribution in [0, 0.1) is 6.92 Å². The van der Waals surface area contributed by atoms with Crippen molar-refractivity contribution in [3.63, 3.8) is 0 Å². The largest absolute Gasteiger partial charge is 0.370 e. The Kier molecular flexibility index (Phi) is 5.03. The Morgan fingerprint density at radius 1 is 1.35 bits per heavy atom. The highest BCUT2D eigenvalue weighted by atomic mass is 32.2. The van der Waals surface area contributed by atoms with Gasteiger partial charge in [-0.2, -0.15) is 11.8 Å². The minimum Gasteiger partial charge on any atom is -0.370 e. The van der Waals surface area contributed by atoms with Crippen molar-refractivity contribution >= 4 is 17.4 Å². The van der Waals surface area contributed by atoms with Crippen molar-refractivity contribution in [1.29, 1.82) is 0 Å². The lowest BCUT2D eigenvalue weighted by Gasteiger charge is -2.27. The van der Waals surface area contributed by atoms with Gasteiger partial charge in [0.1, 0.15) is 0 Å². The Hall–Kier alpha value is -0.670. The quantitative estimate of drug-likeness (QED) is 0.923. The number of hydrogen-bond donors (Lipinski definition) is 1. The third-order valence-electron chi connectivity index (χ3n) is 3.96. The van der Waals surface area contributed by atoms with Crippen LogP contribution in [0.2, 0.25) is 0 Å². The van der Waals surface area contributed by atoms with Gasteiger partial charge in [0.05, 0.1) is 0 Å². The van der Waals surface area contributed by atoms with Crippen LogP contribution in [0.5, 0.6) is 0 Å². The van der Waals surface area contributed by atoms with E-state index in [4.69, 9.17) is 5.73 Å². The van der Waals surface area contributed by atoms with E-state index in [-0.39, 0.29) is 6.04 Å². The zero-order valence-electron chi connectivity index (χ0n) is 13.3. The summed E-state index contributed by atoms with van der Waals surface area (Å²) < 4.78 is 0.404. The first-order chi connectivity index (χ1) is 9.37. The van der Waals surface area contributed by atoms with Gasteiger partial charge in [0.15, 0.2) is 0 Å². The molecule has 0 amide bonds. The second-order valence-corrected chi connectivity index (χ2v) is 8.46. The second-order valence-electron chi connectivity index (χ2n) is 6.66. The molecule has 0 saturated carbocycles. The summed E-state index contributed by atoms with van der Waals surface area (Å²) in [5, 5.41) is 0. The molecule has 2 nitrogen and oxygen atoms in total. The standard InChI is InChI=1S/C17H28N2S/c1-13-5-6-16(15(11-13)12-14(2)18)19-8-7-17(3,4)20-10-9-19/h5-6,11,14H,7-10,12,18H2,1-4H3. The van der Waals surface area contributed by atoms with Gasteiger partial charge in [-0.25, -0.2) is 0 Å². The summed E-state index contributed by atoms with van der Waals surface area (Å²) in [5.74, 6) is 1.21. The fourth-order valence-corrected chi connectivity index (χ4v) is 3.89. The summed E-state index contributed by atoms with van der Waals surface area (Å²) in [7, 11) is 0. The highest BCUT2D eigenvalue weighted by Gasteiger charge is 2.24. The Bertz CT molecular complexity index is 454. The number of nitrogens with zero attached hydrogens (tertiary/aromatic N) is 1. The van der Waals surface area contributed by atoms with Gasteiger partial charge in [-0.3, -0.25) is 0 Å². The molecule has 20 heavy (non-hydrogen) atoms. The number of thioether (sulfide) groups is 1. The van der Waals surface area contributed by atoms with Crippen LogP contribution in [0.15, 0.2) is 18.2 Å². The predicted octanol–water partition coefficient (Wildman–Crippen LogP) is 3.61. The molecule has 1 saturated heterocycles. The normalized spacial score (nSPS) is 20.6. The molecule has 1 aromatic carbocycles. The molecule has 1 atom stereocenters. The van der Waals surface area contributed by atoms with E-state index in [1.807, 2.05) is 0 Å². The van der Waals surface area contributed by atoms with Crippen LogP contribution < -0.4 is 10.6 Å². The van der Waals surface area contributed by atoms with Crippen LogP contribution in [0.25, 0.3) is 0 Å². The average Bonchev–Trinajstić information content (AvgIpc) is 2.50. The highest BCUT2D eigenvalue weighted by Crippen LogP contribution is 2.33. The van der Waals surface area contributed by atoms with Gasteiger partial charge in [-0.05, 0) is 38.3 Å². The molecule has 0 aromatic heterocycles. The first-order valence-corrected chi connectivity index (χ1v) is 8.60. The van der Waals surface area contributed by atoms with E-state index in [1.54, 1.807) is 0 Å². The molecule has 1 aliphatic heterocycles. The third kappa shape index (κ3) is 4.16. The monoisotopic (exact) mass is 292 g/mol. The topological polar surface area (TPSA) is 29.3 Å². The molecule has 0 radical (unpaired) electrons. The van der Waals surface area contributed by atoms with E-state index in [2.05, 4.69) is 62.6 Å². The van der Waals surface area contributed by atoms with Crippen LogP contribution in [0.4, 0.5) is 5.69 Å². The number of anilines is 1. The van der Waals surface area contributed by atoms with Crippen molar-refractivity contribution in [3.8, 4) is 0 Å². The lowest BCUT2D eigenvalue weighted by atomic mass is 10.0. The molecule has 1 unspecified atom stereocenters. The predicted molar refractivity (Wildman–Crippen MR) is 91.9 cm³/mol. The van der Waals surface area contributed by atoms with Gasteiger partial charge in [0.25, 0.3) is 0 Å². The molecule has 0 bridgehead atoms. The number of aryl methyl sites for hydroxylation is 1. The minimum atomic E-state index is 0.216. The molecule has 1 fully saturated rings. The van der Waals surface area contributed by atoms with E-state index in [1.165, 1.54) is 29.0 Å². The maximum absolute atomic E-state index is 6.02. The number of benzene rings is 1. The summed E-state index contributed by atoms with van der Waals surface area (Å²) in [5.41, 5.74) is 10.2. The molecule has 2 rings (SSSR count). The maximum Gasteiger partial charge on any atom is 0.0399 e. The first kappa shape index (κ1) is 15.7. The fraction of sp³-hybridized carbons (Fsp3) is 0.647. The van der Waals surface area contributed by atoms with Crippen LogP contribution in [-0.4, -0.2) is 29.6 Å². The van der Waals surface area contributed by atoms with Gasteiger partial charge < -0.3 is 10.6 Å². The van der Waals surface area contributed by atoms with Gasteiger partial charge in [0, 0.05) is 35.3 Å².